The molecule has 1 saturated heterocycles. The molecule has 0 aliphatic carbocycles. The maximum Gasteiger partial charge on any atom is 0.272 e. The quantitative estimate of drug-likeness (QED) is 0.0978. The third-order valence-corrected chi connectivity index (χ3v) is 9.31. The van der Waals surface area contributed by atoms with Gasteiger partial charge in [-0.3, -0.25) is 19.2 Å². The smallest absolute Gasteiger partial charge is 0.272 e. The molecule has 0 spiro atoms. The van der Waals surface area contributed by atoms with Gasteiger partial charge in [-0.15, -0.1) is 11.8 Å². The van der Waals surface area contributed by atoms with Crippen molar-refractivity contribution in [2.75, 3.05) is 24.4 Å². The van der Waals surface area contributed by atoms with E-state index in [2.05, 4.69) is 10.6 Å². The summed E-state index contributed by atoms with van der Waals surface area (Å²) in [7, 11) is 2.99. The van der Waals surface area contributed by atoms with E-state index in [1.807, 2.05) is 0 Å². The molecule has 262 valence electrons. The lowest BCUT2D eigenvalue weighted by atomic mass is 10.1. The number of methoxy groups -OCH3 is 2. The first-order chi connectivity index (χ1) is 25.2. The lowest BCUT2D eigenvalue weighted by Crippen LogP contribution is -2.31. The van der Waals surface area contributed by atoms with E-state index >= 15 is 0 Å². The number of halogens is 1. The van der Waals surface area contributed by atoms with E-state index in [9.17, 15) is 19.2 Å². The number of para-hydroxylation sites is 1. The molecule has 1 aliphatic rings. The molecule has 5 aromatic carbocycles. The number of anilines is 2. The average Bonchev–Trinajstić information content (AvgIpc) is 3.44. The summed E-state index contributed by atoms with van der Waals surface area (Å²) in [5.41, 5.74) is 1.67. The molecule has 1 unspecified atom stereocenters. The molecule has 1 aliphatic heterocycles. The molecule has 6 rings (SSSR count). The van der Waals surface area contributed by atoms with Crippen LogP contribution < -0.4 is 29.7 Å². The van der Waals surface area contributed by atoms with Crippen LogP contribution in [0.4, 0.5) is 11.4 Å². The van der Waals surface area contributed by atoms with Crippen molar-refractivity contribution in [1.82, 2.24) is 5.32 Å². The van der Waals surface area contributed by atoms with E-state index in [1.165, 1.54) is 37.0 Å². The standard InChI is InChI=1S/C40H32ClN3O7S/c1-49-34-13-6-10-26(37(34)50-2)22-33(43-38(46)25-8-4-3-5-9-25)39(47)42-28-11-7-12-32(23-28)52-35-24-36(45)44(40(35)48)29-16-20-31(21-17-29)51-30-18-14-27(41)15-19-30/h3-23,35H,24H2,1-2H3,(H,42,47)(H,43,46). The van der Waals surface area contributed by atoms with Crippen molar-refractivity contribution in [1.29, 1.82) is 0 Å². The van der Waals surface area contributed by atoms with Crippen molar-refractivity contribution >= 4 is 64.4 Å². The molecule has 1 atom stereocenters. The third-order valence-electron chi connectivity index (χ3n) is 7.88. The van der Waals surface area contributed by atoms with E-state index in [-0.39, 0.29) is 23.9 Å². The molecule has 52 heavy (non-hydrogen) atoms. The summed E-state index contributed by atoms with van der Waals surface area (Å²) >= 11 is 7.17. The number of nitrogens with one attached hydrogen (secondary N) is 2. The van der Waals surface area contributed by atoms with E-state index in [1.54, 1.807) is 121 Å². The van der Waals surface area contributed by atoms with Gasteiger partial charge in [-0.1, -0.05) is 48.0 Å². The Kier molecular flexibility index (Phi) is 11.2. The zero-order valence-corrected chi connectivity index (χ0v) is 29.6. The van der Waals surface area contributed by atoms with Crippen molar-refractivity contribution in [3.63, 3.8) is 0 Å². The minimum atomic E-state index is -0.676. The summed E-state index contributed by atoms with van der Waals surface area (Å²) in [6, 6.07) is 34.2. The molecule has 0 radical (unpaired) electrons. The number of thioether (sulfide) groups is 1. The molecule has 2 N–H and O–H groups in total. The number of carbonyl (C=O) groups is 4. The molecule has 1 fully saturated rings. The van der Waals surface area contributed by atoms with Crippen LogP contribution in [0.1, 0.15) is 22.3 Å². The first kappa shape index (κ1) is 35.8. The zero-order valence-electron chi connectivity index (χ0n) is 28.0. The van der Waals surface area contributed by atoms with Gasteiger partial charge in [-0.05, 0) is 91.0 Å². The highest BCUT2D eigenvalue weighted by atomic mass is 35.5. The topological polar surface area (TPSA) is 123 Å². The number of hydrogen-bond donors (Lipinski definition) is 2. The summed E-state index contributed by atoms with van der Waals surface area (Å²) in [6.45, 7) is 0. The molecule has 5 aromatic rings. The van der Waals surface area contributed by atoms with Crippen molar-refractivity contribution < 1.29 is 33.4 Å². The minimum absolute atomic E-state index is 0.00386. The molecule has 10 nitrogen and oxygen atoms in total. The summed E-state index contributed by atoms with van der Waals surface area (Å²) in [5, 5.41) is 5.48. The van der Waals surface area contributed by atoms with Crippen LogP contribution in [0, 0.1) is 0 Å². The van der Waals surface area contributed by atoms with Crippen molar-refractivity contribution in [2.24, 2.45) is 0 Å². The highest BCUT2D eigenvalue weighted by molar-refractivity contribution is 8.00. The van der Waals surface area contributed by atoms with Gasteiger partial charge in [0.2, 0.25) is 11.8 Å². The lowest BCUT2D eigenvalue weighted by Gasteiger charge is -2.16. The second-order valence-electron chi connectivity index (χ2n) is 11.4. The maximum absolute atomic E-state index is 13.7. The number of nitrogens with zero attached hydrogens (tertiary/aromatic N) is 1. The fraction of sp³-hybridized carbons (Fsp3) is 0.100. The Bertz CT molecular complexity index is 2140. The Morgan fingerprint density at radius 1 is 0.827 bits per heavy atom. The normalized spacial score (nSPS) is 14.2. The maximum atomic E-state index is 13.7. The van der Waals surface area contributed by atoms with E-state index in [0.29, 0.717) is 55.4 Å². The molecule has 0 aromatic heterocycles. The molecular weight excluding hydrogens is 702 g/mol. The van der Waals surface area contributed by atoms with Gasteiger partial charge in [0.1, 0.15) is 17.2 Å². The first-order valence-corrected chi connectivity index (χ1v) is 17.3. The Morgan fingerprint density at radius 2 is 1.52 bits per heavy atom. The van der Waals surface area contributed by atoms with Gasteiger partial charge >= 0.3 is 0 Å². The van der Waals surface area contributed by atoms with Crippen LogP contribution in [0.15, 0.2) is 132 Å². The minimum Gasteiger partial charge on any atom is -0.493 e. The predicted octanol–water partition coefficient (Wildman–Crippen LogP) is 7.98. The summed E-state index contributed by atoms with van der Waals surface area (Å²) < 4.78 is 16.8. The van der Waals surface area contributed by atoms with Gasteiger partial charge in [0, 0.05) is 33.2 Å². The fourth-order valence-corrected chi connectivity index (χ4v) is 6.64. The molecule has 0 saturated carbocycles. The third kappa shape index (κ3) is 8.45. The molecule has 4 amide bonds. The second-order valence-corrected chi connectivity index (χ2v) is 13.1. The van der Waals surface area contributed by atoms with Gasteiger partial charge in [0.25, 0.3) is 11.8 Å². The predicted molar refractivity (Wildman–Crippen MR) is 201 cm³/mol. The number of amides is 4. The molecular formula is C40H32ClN3O7S. The van der Waals surface area contributed by atoms with Crippen LogP contribution in [0.2, 0.25) is 5.02 Å². The van der Waals surface area contributed by atoms with Crippen LogP contribution in [-0.4, -0.2) is 43.1 Å². The summed E-state index contributed by atoms with van der Waals surface area (Å²) in [4.78, 5) is 55.2. The SMILES string of the molecule is COc1cccc(C=C(NC(=O)c2ccccc2)C(=O)Nc2cccc(SC3CC(=O)N(c4ccc(Oc5ccc(Cl)cc5)cc4)C3=O)c2)c1OC. The number of carbonyl (C=O) groups excluding carboxylic acids is 4. The van der Waals surface area contributed by atoms with E-state index < -0.39 is 17.1 Å². The van der Waals surface area contributed by atoms with Gasteiger partial charge < -0.3 is 24.8 Å². The Hall–Kier alpha value is -6.04. The van der Waals surface area contributed by atoms with Crippen molar-refractivity contribution in [3.8, 4) is 23.0 Å². The number of rotatable bonds is 12. The number of benzene rings is 5. The Morgan fingerprint density at radius 3 is 2.21 bits per heavy atom. The zero-order chi connectivity index (χ0) is 36.6. The number of hydrogen-bond acceptors (Lipinski definition) is 8. The molecule has 0 bridgehead atoms. The van der Waals surface area contributed by atoms with Crippen molar-refractivity contribution in [2.45, 2.75) is 16.6 Å². The molecule has 1 heterocycles. The van der Waals surface area contributed by atoms with Crippen LogP contribution in [0.3, 0.4) is 0 Å². The number of ether oxygens (including phenoxy) is 3. The van der Waals surface area contributed by atoms with E-state index in [4.69, 9.17) is 25.8 Å². The monoisotopic (exact) mass is 733 g/mol. The average molecular weight is 734 g/mol. The largest absolute Gasteiger partial charge is 0.493 e. The fourth-order valence-electron chi connectivity index (χ4n) is 5.40. The van der Waals surface area contributed by atoms with Gasteiger partial charge in [0.15, 0.2) is 11.5 Å². The summed E-state index contributed by atoms with van der Waals surface area (Å²) in [5.74, 6) is 0.219. The van der Waals surface area contributed by atoms with Crippen LogP contribution in [-0.2, 0) is 14.4 Å². The Labute approximate surface area is 309 Å². The second kappa shape index (κ2) is 16.3. The number of imide groups is 1. The van der Waals surface area contributed by atoms with Crippen LogP contribution in [0.5, 0.6) is 23.0 Å². The highest BCUT2D eigenvalue weighted by Crippen LogP contribution is 2.36. The van der Waals surface area contributed by atoms with Gasteiger partial charge in [0.05, 0.1) is 25.2 Å². The van der Waals surface area contributed by atoms with Crippen molar-refractivity contribution in [3.05, 3.63) is 143 Å². The summed E-state index contributed by atoms with van der Waals surface area (Å²) in [6.07, 6.45) is 1.51. The van der Waals surface area contributed by atoms with Crippen LogP contribution >= 0.6 is 23.4 Å². The Balaban J connectivity index is 1.16. The van der Waals surface area contributed by atoms with Gasteiger partial charge in [-0.2, -0.15) is 0 Å². The first-order valence-electron chi connectivity index (χ1n) is 16.0. The lowest BCUT2D eigenvalue weighted by molar-refractivity contribution is -0.121. The van der Waals surface area contributed by atoms with E-state index in [0.717, 1.165) is 0 Å². The van der Waals surface area contributed by atoms with Crippen LogP contribution in [0.25, 0.3) is 6.08 Å². The molecule has 12 heteroatoms. The highest BCUT2D eigenvalue weighted by Gasteiger charge is 2.40. The van der Waals surface area contributed by atoms with Gasteiger partial charge in [-0.25, -0.2) is 4.90 Å².